The van der Waals surface area contributed by atoms with Crippen molar-refractivity contribution >= 4 is 17.5 Å². The van der Waals surface area contributed by atoms with Gasteiger partial charge >= 0.3 is 0 Å². The number of hydrogen-bond acceptors (Lipinski definition) is 5. The van der Waals surface area contributed by atoms with Crippen molar-refractivity contribution in [1.82, 2.24) is 19.6 Å². The Morgan fingerprint density at radius 2 is 2.04 bits per heavy atom. The van der Waals surface area contributed by atoms with Crippen LogP contribution in [0.25, 0.3) is 0 Å². The van der Waals surface area contributed by atoms with E-state index in [4.69, 9.17) is 0 Å². The standard InChI is InChI=1S/C20H31N5O3/c1-14-17(12-23(2)22-14)21-18(26)13-24-8-6-20(28)7-9-25(11-16(20)10-24)19(27)15-4-3-5-15/h12,15-16,28H,3-11,13H2,1-2H3,(H,21,26)/t16-,20-/m1/s1. The van der Waals surface area contributed by atoms with Crippen molar-refractivity contribution in [3.63, 3.8) is 0 Å². The lowest BCUT2D eigenvalue weighted by Crippen LogP contribution is -2.61. The molecule has 2 aliphatic heterocycles. The Bertz CT molecular complexity index is 759. The summed E-state index contributed by atoms with van der Waals surface area (Å²) in [4.78, 5) is 29.1. The topological polar surface area (TPSA) is 90.7 Å². The molecule has 8 nitrogen and oxygen atoms in total. The molecule has 154 valence electrons. The van der Waals surface area contributed by atoms with Crippen LogP contribution in [0.15, 0.2) is 6.20 Å². The highest BCUT2D eigenvalue weighted by molar-refractivity contribution is 5.92. The van der Waals surface area contributed by atoms with Crippen LogP contribution in [0.2, 0.25) is 0 Å². The summed E-state index contributed by atoms with van der Waals surface area (Å²) in [6.45, 7) is 4.76. The van der Waals surface area contributed by atoms with Gasteiger partial charge < -0.3 is 15.3 Å². The van der Waals surface area contributed by atoms with Gasteiger partial charge in [-0.15, -0.1) is 0 Å². The molecule has 1 saturated carbocycles. The third-order valence-electron chi connectivity index (χ3n) is 6.78. The van der Waals surface area contributed by atoms with Gasteiger partial charge in [0.15, 0.2) is 0 Å². The van der Waals surface area contributed by atoms with E-state index in [1.54, 1.807) is 10.9 Å². The molecule has 2 atom stereocenters. The highest BCUT2D eigenvalue weighted by atomic mass is 16.3. The number of aliphatic hydroxyl groups is 1. The van der Waals surface area contributed by atoms with E-state index in [-0.39, 0.29) is 30.2 Å². The Kier molecular flexibility index (Phi) is 5.18. The molecule has 8 heteroatoms. The van der Waals surface area contributed by atoms with Crippen molar-refractivity contribution in [2.24, 2.45) is 18.9 Å². The van der Waals surface area contributed by atoms with E-state index in [0.29, 0.717) is 39.0 Å². The number of aryl methyl sites for hydroxylation is 2. The molecule has 3 fully saturated rings. The largest absolute Gasteiger partial charge is 0.389 e. The Balaban J connectivity index is 1.34. The van der Waals surface area contributed by atoms with Gasteiger partial charge in [0.2, 0.25) is 11.8 Å². The van der Waals surface area contributed by atoms with Gasteiger partial charge in [-0.1, -0.05) is 6.42 Å². The maximum atomic E-state index is 12.6. The van der Waals surface area contributed by atoms with E-state index in [0.717, 1.165) is 30.6 Å². The van der Waals surface area contributed by atoms with Crippen LogP contribution in [-0.4, -0.2) is 74.8 Å². The first-order valence-corrected chi connectivity index (χ1v) is 10.4. The lowest BCUT2D eigenvalue weighted by atomic mass is 9.75. The highest BCUT2D eigenvalue weighted by Gasteiger charge is 2.46. The maximum Gasteiger partial charge on any atom is 0.238 e. The second kappa shape index (κ2) is 7.48. The summed E-state index contributed by atoms with van der Waals surface area (Å²) in [5, 5.41) is 18.2. The molecule has 0 radical (unpaired) electrons. The van der Waals surface area contributed by atoms with E-state index < -0.39 is 5.60 Å². The third-order valence-corrected chi connectivity index (χ3v) is 6.78. The lowest BCUT2D eigenvalue weighted by molar-refractivity contribution is -0.153. The summed E-state index contributed by atoms with van der Waals surface area (Å²) in [7, 11) is 1.83. The molecule has 1 aromatic heterocycles. The van der Waals surface area contributed by atoms with Gasteiger partial charge in [-0.05, 0) is 32.6 Å². The first-order valence-electron chi connectivity index (χ1n) is 10.4. The smallest absolute Gasteiger partial charge is 0.238 e. The predicted octanol–water partition coefficient (Wildman–Crippen LogP) is 0.752. The number of carbonyl (C=O) groups excluding carboxylic acids is 2. The maximum absolute atomic E-state index is 12.6. The predicted molar refractivity (Wildman–Crippen MR) is 105 cm³/mol. The summed E-state index contributed by atoms with van der Waals surface area (Å²) < 4.78 is 1.68. The zero-order valence-electron chi connectivity index (χ0n) is 16.9. The van der Waals surface area contributed by atoms with Crippen LogP contribution in [0.1, 0.15) is 37.8 Å². The number of carbonyl (C=O) groups is 2. The van der Waals surface area contributed by atoms with Gasteiger partial charge in [-0.3, -0.25) is 19.2 Å². The molecule has 0 unspecified atom stereocenters. The number of anilines is 1. The van der Waals surface area contributed by atoms with Crippen molar-refractivity contribution in [3.05, 3.63) is 11.9 Å². The molecular formula is C20H31N5O3. The minimum absolute atomic E-state index is 0.00644. The lowest BCUT2D eigenvalue weighted by Gasteiger charge is -2.50. The number of rotatable bonds is 4. The van der Waals surface area contributed by atoms with Crippen LogP contribution in [0.3, 0.4) is 0 Å². The van der Waals surface area contributed by atoms with Gasteiger partial charge in [0.25, 0.3) is 0 Å². The number of nitrogens with one attached hydrogen (secondary N) is 1. The van der Waals surface area contributed by atoms with Gasteiger partial charge in [-0.25, -0.2) is 0 Å². The first-order chi connectivity index (χ1) is 13.3. The fourth-order valence-electron chi connectivity index (χ4n) is 4.74. The van der Waals surface area contributed by atoms with Crippen LogP contribution in [0, 0.1) is 18.8 Å². The summed E-state index contributed by atoms with van der Waals surface area (Å²) >= 11 is 0. The second-order valence-electron chi connectivity index (χ2n) is 8.80. The molecule has 2 saturated heterocycles. The van der Waals surface area contributed by atoms with E-state index in [2.05, 4.69) is 15.3 Å². The van der Waals surface area contributed by atoms with Crippen LogP contribution < -0.4 is 5.32 Å². The second-order valence-corrected chi connectivity index (χ2v) is 8.80. The Morgan fingerprint density at radius 1 is 1.29 bits per heavy atom. The number of piperidine rings is 2. The molecule has 0 spiro atoms. The molecule has 0 bridgehead atoms. The molecule has 2 N–H and O–H groups in total. The molecule has 1 aliphatic carbocycles. The molecule has 3 aliphatic rings. The Morgan fingerprint density at radius 3 is 2.68 bits per heavy atom. The fourth-order valence-corrected chi connectivity index (χ4v) is 4.74. The quantitative estimate of drug-likeness (QED) is 0.793. The molecular weight excluding hydrogens is 358 g/mol. The zero-order chi connectivity index (χ0) is 19.9. The summed E-state index contributed by atoms with van der Waals surface area (Å²) in [6.07, 6.45) is 6.26. The third kappa shape index (κ3) is 3.80. The van der Waals surface area contributed by atoms with Gasteiger partial charge in [0.05, 0.1) is 23.5 Å². The average molecular weight is 390 g/mol. The van der Waals surface area contributed by atoms with E-state index in [9.17, 15) is 14.7 Å². The Hall–Kier alpha value is -1.93. The van der Waals surface area contributed by atoms with Crippen molar-refractivity contribution in [2.45, 2.75) is 44.6 Å². The SMILES string of the molecule is Cc1nn(C)cc1NC(=O)CN1CC[C@@]2(O)CCN(C(=O)C3CCC3)C[C@H]2C1. The number of amides is 2. The number of likely N-dealkylation sites (tertiary alicyclic amines) is 2. The molecule has 1 aromatic rings. The van der Waals surface area contributed by atoms with Crippen molar-refractivity contribution in [3.8, 4) is 0 Å². The number of fused-ring (bicyclic) bond motifs is 1. The van der Waals surface area contributed by atoms with E-state index >= 15 is 0 Å². The summed E-state index contributed by atoms with van der Waals surface area (Å²) in [5.41, 5.74) is 0.820. The summed E-state index contributed by atoms with van der Waals surface area (Å²) in [6, 6.07) is 0. The highest BCUT2D eigenvalue weighted by Crippen LogP contribution is 2.37. The zero-order valence-corrected chi connectivity index (χ0v) is 16.9. The van der Waals surface area contributed by atoms with Gasteiger partial charge in [-0.2, -0.15) is 5.10 Å². The van der Waals surface area contributed by atoms with Gasteiger partial charge in [0.1, 0.15) is 0 Å². The first kappa shape index (κ1) is 19.4. The average Bonchev–Trinajstić information content (AvgIpc) is 2.90. The summed E-state index contributed by atoms with van der Waals surface area (Å²) in [5.74, 6) is 0.390. The molecule has 3 heterocycles. The fraction of sp³-hybridized carbons (Fsp3) is 0.750. The minimum Gasteiger partial charge on any atom is -0.389 e. The van der Waals surface area contributed by atoms with E-state index in [1.165, 1.54) is 0 Å². The van der Waals surface area contributed by atoms with Crippen molar-refractivity contribution in [2.75, 3.05) is 38.0 Å². The molecule has 2 amide bonds. The number of hydrogen-bond donors (Lipinski definition) is 2. The van der Waals surface area contributed by atoms with Crippen LogP contribution in [-0.2, 0) is 16.6 Å². The minimum atomic E-state index is -0.705. The van der Waals surface area contributed by atoms with E-state index in [1.807, 2.05) is 18.9 Å². The number of aromatic nitrogens is 2. The van der Waals surface area contributed by atoms with Gasteiger partial charge in [0, 0.05) is 51.3 Å². The normalized spacial score (nSPS) is 28.5. The van der Waals surface area contributed by atoms with Crippen LogP contribution >= 0.6 is 0 Å². The van der Waals surface area contributed by atoms with Crippen molar-refractivity contribution in [1.29, 1.82) is 0 Å². The molecule has 4 rings (SSSR count). The Labute approximate surface area is 165 Å². The van der Waals surface area contributed by atoms with Crippen LogP contribution in [0.4, 0.5) is 5.69 Å². The number of nitrogens with zero attached hydrogens (tertiary/aromatic N) is 4. The van der Waals surface area contributed by atoms with Crippen molar-refractivity contribution < 1.29 is 14.7 Å². The molecule has 0 aromatic carbocycles. The van der Waals surface area contributed by atoms with Crippen LogP contribution in [0.5, 0.6) is 0 Å². The molecule has 28 heavy (non-hydrogen) atoms. The monoisotopic (exact) mass is 389 g/mol.